The van der Waals surface area contributed by atoms with Crippen molar-refractivity contribution in [2.75, 3.05) is 13.6 Å². The molecule has 0 bridgehead atoms. The first-order chi connectivity index (χ1) is 6.72. The van der Waals surface area contributed by atoms with Crippen LogP contribution >= 0.6 is 11.6 Å². The van der Waals surface area contributed by atoms with Gasteiger partial charge in [0.15, 0.2) is 0 Å². The van der Waals surface area contributed by atoms with Gasteiger partial charge in [-0.1, -0.05) is 17.7 Å². The molecular formula is C11H13ClFN. The highest BCUT2D eigenvalue weighted by Crippen LogP contribution is 2.47. The highest BCUT2D eigenvalue weighted by molar-refractivity contribution is 6.30. The normalized spacial score (nSPS) is 25.1. The summed E-state index contributed by atoms with van der Waals surface area (Å²) < 4.78 is 13.1. The molecule has 0 aromatic heterocycles. The van der Waals surface area contributed by atoms with Gasteiger partial charge in [0.05, 0.1) is 5.02 Å². The molecule has 2 unspecified atom stereocenters. The van der Waals surface area contributed by atoms with Gasteiger partial charge in [-0.05, 0) is 49.5 Å². The summed E-state index contributed by atoms with van der Waals surface area (Å²) in [5, 5.41) is 3.34. The molecule has 1 aliphatic rings. The van der Waals surface area contributed by atoms with Gasteiger partial charge in [0.1, 0.15) is 5.82 Å². The van der Waals surface area contributed by atoms with Gasteiger partial charge in [0.25, 0.3) is 0 Å². The molecule has 1 aromatic carbocycles. The maximum absolute atomic E-state index is 13.1. The lowest BCUT2D eigenvalue weighted by atomic mass is 10.1. The summed E-state index contributed by atoms with van der Waals surface area (Å²) in [5.74, 6) is 0.883. The summed E-state index contributed by atoms with van der Waals surface area (Å²) in [4.78, 5) is 0. The number of hydrogen-bond acceptors (Lipinski definition) is 1. The number of benzene rings is 1. The third kappa shape index (κ3) is 1.91. The Morgan fingerprint density at radius 3 is 3.00 bits per heavy atom. The van der Waals surface area contributed by atoms with E-state index in [0.717, 1.165) is 18.5 Å². The topological polar surface area (TPSA) is 12.0 Å². The van der Waals surface area contributed by atoms with Crippen LogP contribution in [0.25, 0.3) is 0 Å². The molecule has 76 valence electrons. The minimum atomic E-state index is -0.306. The quantitative estimate of drug-likeness (QED) is 0.814. The lowest BCUT2D eigenvalue weighted by Crippen LogP contribution is -2.10. The number of halogens is 2. The zero-order chi connectivity index (χ0) is 10.1. The van der Waals surface area contributed by atoms with E-state index in [-0.39, 0.29) is 10.8 Å². The van der Waals surface area contributed by atoms with Crippen LogP contribution in [0.4, 0.5) is 4.39 Å². The van der Waals surface area contributed by atoms with Gasteiger partial charge in [-0.15, -0.1) is 0 Å². The minimum Gasteiger partial charge on any atom is -0.319 e. The van der Waals surface area contributed by atoms with E-state index in [1.807, 2.05) is 13.1 Å². The molecular weight excluding hydrogens is 201 g/mol. The van der Waals surface area contributed by atoms with E-state index in [1.54, 1.807) is 12.1 Å². The van der Waals surface area contributed by atoms with Crippen LogP contribution in [0, 0.1) is 11.7 Å². The van der Waals surface area contributed by atoms with Crippen LogP contribution in [0.15, 0.2) is 18.2 Å². The van der Waals surface area contributed by atoms with Crippen LogP contribution in [0.3, 0.4) is 0 Å². The minimum absolute atomic E-state index is 0.208. The zero-order valence-electron chi connectivity index (χ0n) is 8.06. The molecule has 0 aliphatic heterocycles. The molecule has 1 aliphatic carbocycles. The van der Waals surface area contributed by atoms with Gasteiger partial charge in [-0.2, -0.15) is 0 Å². The second-order valence-electron chi connectivity index (χ2n) is 3.83. The summed E-state index contributed by atoms with van der Waals surface area (Å²) in [6, 6.07) is 5.12. The van der Waals surface area contributed by atoms with Crippen LogP contribution in [0.2, 0.25) is 5.02 Å². The van der Waals surface area contributed by atoms with Crippen LogP contribution in [-0.4, -0.2) is 13.6 Å². The Balaban J connectivity index is 2.08. The second kappa shape index (κ2) is 3.87. The molecule has 0 heterocycles. The Kier molecular flexibility index (Phi) is 2.75. The third-order valence-corrected chi connectivity index (χ3v) is 3.07. The summed E-state index contributed by atoms with van der Waals surface area (Å²) in [6.07, 6.45) is 1.15. The fourth-order valence-corrected chi connectivity index (χ4v) is 2.00. The van der Waals surface area contributed by atoms with Crippen molar-refractivity contribution in [3.8, 4) is 0 Å². The van der Waals surface area contributed by atoms with Crippen LogP contribution < -0.4 is 5.32 Å². The molecule has 14 heavy (non-hydrogen) atoms. The van der Waals surface area contributed by atoms with Crippen LogP contribution in [0.1, 0.15) is 17.9 Å². The monoisotopic (exact) mass is 213 g/mol. The molecule has 1 fully saturated rings. The maximum Gasteiger partial charge on any atom is 0.142 e. The Hall–Kier alpha value is -0.600. The number of hydrogen-bond donors (Lipinski definition) is 1. The van der Waals surface area contributed by atoms with Crippen molar-refractivity contribution in [3.63, 3.8) is 0 Å². The molecule has 2 atom stereocenters. The molecule has 0 radical (unpaired) electrons. The Morgan fingerprint density at radius 1 is 1.57 bits per heavy atom. The highest BCUT2D eigenvalue weighted by Gasteiger charge is 2.37. The first kappa shape index (κ1) is 9.94. The van der Waals surface area contributed by atoms with E-state index >= 15 is 0 Å². The van der Waals surface area contributed by atoms with Gasteiger partial charge in [0, 0.05) is 0 Å². The second-order valence-corrected chi connectivity index (χ2v) is 4.24. The highest BCUT2D eigenvalue weighted by atomic mass is 35.5. The van der Waals surface area contributed by atoms with Crippen molar-refractivity contribution >= 4 is 11.6 Å². The fourth-order valence-electron chi connectivity index (χ4n) is 1.89. The summed E-state index contributed by atoms with van der Waals surface area (Å²) in [5.41, 5.74) is 1.08. The average molecular weight is 214 g/mol. The van der Waals surface area contributed by atoms with Gasteiger partial charge >= 0.3 is 0 Å². The number of nitrogens with one attached hydrogen (secondary N) is 1. The zero-order valence-corrected chi connectivity index (χ0v) is 8.81. The van der Waals surface area contributed by atoms with Crippen molar-refractivity contribution in [2.24, 2.45) is 5.92 Å². The number of rotatable bonds is 3. The van der Waals surface area contributed by atoms with E-state index in [2.05, 4.69) is 5.32 Å². The average Bonchev–Trinajstić information content (AvgIpc) is 2.90. The standard InChI is InChI=1S/C11H13ClFN/c1-14-6-8-4-9(8)7-2-3-10(12)11(13)5-7/h2-3,5,8-9,14H,4,6H2,1H3. The predicted molar refractivity (Wildman–Crippen MR) is 56.2 cm³/mol. The first-order valence-corrected chi connectivity index (χ1v) is 5.19. The van der Waals surface area contributed by atoms with Crippen LogP contribution in [0.5, 0.6) is 0 Å². The van der Waals surface area contributed by atoms with E-state index in [0.29, 0.717) is 11.8 Å². The first-order valence-electron chi connectivity index (χ1n) is 4.82. The van der Waals surface area contributed by atoms with E-state index in [1.165, 1.54) is 0 Å². The summed E-state index contributed by atoms with van der Waals surface area (Å²) >= 11 is 5.62. The van der Waals surface area contributed by atoms with E-state index < -0.39 is 0 Å². The smallest absolute Gasteiger partial charge is 0.142 e. The predicted octanol–water partition coefficient (Wildman–Crippen LogP) is 2.80. The Bertz CT molecular complexity index is 340. The molecule has 0 spiro atoms. The van der Waals surface area contributed by atoms with Crippen molar-refractivity contribution in [1.29, 1.82) is 0 Å². The molecule has 2 rings (SSSR count). The maximum atomic E-state index is 13.1. The lowest BCUT2D eigenvalue weighted by Gasteiger charge is -2.01. The molecule has 0 amide bonds. The molecule has 1 saturated carbocycles. The van der Waals surface area contributed by atoms with E-state index in [9.17, 15) is 4.39 Å². The van der Waals surface area contributed by atoms with E-state index in [4.69, 9.17) is 11.6 Å². The molecule has 3 heteroatoms. The van der Waals surface area contributed by atoms with Crippen molar-refractivity contribution in [2.45, 2.75) is 12.3 Å². The largest absolute Gasteiger partial charge is 0.319 e. The third-order valence-electron chi connectivity index (χ3n) is 2.76. The SMILES string of the molecule is CNCC1CC1c1ccc(Cl)c(F)c1. The summed E-state index contributed by atoms with van der Waals surface area (Å²) in [6.45, 7) is 1.01. The summed E-state index contributed by atoms with van der Waals surface area (Å²) in [7, 11) is 1.94. The molecule has 1 N–H and O–H groups in total. The molecule has 1 nitrogen and oxygen atoms in total. The Labute approximate surface area is 88.3 Å². The fraction of sp³-hybridized carbons (Fsp3) is 0.455. The molecule has 1 aromatic rings. The van der Waals surface area contributed by atoms with Crippen molar-refractivity contribution in [1.82, 2.24) is 5.32 Å². The van der Waals surface area contributed by atoms with Crippen molar-refractivity contribution < 1.29 is 4.39 Å². The van der Waals surface area contributed by atoms with Crippen LogP contribution in [-0.2, 0) is 0 Å². The molecule has 0 saturated heterocycles. The Morgan fingerprint density at radius 2 is 2.36 bits per heavy atom. The van der Waals surface area contributed by atoms with Gasteiger partial charge in [-0.25, -0.2) is 4.39 Å². The van der Waals surface area contributed by atoms with Gasteiger partial charge < -0.3 is 5.32 Å². The van der Waals surface area contributed by atoms with Crippen molar-refractivity contribution in [3.05, 3.63) is 34.6 Å². The van der Waals surface area contributed by atoms with Gasteiger partial charge in [-0.3, -0.25) is 0 Å². The lowest BCUT2D eigenvalue weighted by molar-refractivity contribution is 0.624. The van der Waals surface area contributed by atoms with Gasteiger partial charge in [0.2, 0.25) is 0 Å².